The zero-order chi connectivity index (χ0) is 9.97. The molecular formula is C9H9BrN4. The fourth-order valence-corrected chi connectivity index (χ4v) is 1.62. The molecule has 72 valence electrons. The number of halogens is 1. The number of nitrogens with one attached hydrogen (secondary N) is 1. The van der Waals surface area contributed by atoms with Crippen LogP contribution in [0.5, 0.6) is 0 Å². The summed E-state index contributed by atoms with van der Waals surface area (Å²) in [5, 5.41) is 14.7. The van der Waals surface area contributed by atoms with Crippen molar-refractivity contribution in [1.29, 1.82) is 0 Å². The van der Waals surface area contributed by atoms with Gasteiger partial charge in [0, 0.05) is 10.9 Å². The third-order valence-electron chi connectivity index (χ3n) is 2.04. The maximum atomic E-state index is 3.96. The molecule has 0 amide bonds. The van der Waals surface area contributed by atoms with Crippen molar-refractivity contribution in [3.05, 3.63) is 29.3 Å². The molecule has 1 aromatic heterocycles. The first-order chi connectivity index (χ1) is 6.81. The zero-order valence-corrected chi connectivity index (χ0v) is 9.24. The quantitative estimate of drug-likeness (QED) is 0.833. The molecule has 0 spiro atoms. The van der Waals surface area contributed by atoms with Gasteiger partial charge in [-0.2, -0.15) is 5.21 Å². The number of hydrogen-bond acceptors (Lipinski definition) is 3. The van der Waals surface area contributed by atoms with Crippen molar-refractivity contribution < 1.29 is 0 Å². The molecule has 0 atom stereocenters. The number of aromatic amines is 1. The third-order valence-corrected chi connectivity index (χ3v) is 2.69. The molecule has 4 nitrogen and oxygen atoms in total. The largest absolute Gasteiger partial charge is 0.204 e. The number of rotatable bonds is 2. The van der Waals surface area contributed by atoms with Crippen LogP contribution < -0.4 is 0 Å². The molecule has 0 aliphatic carbocycles. The number of hydrogen-bond donors (Lipinski definition) is 1. The fourth-order valence-electron chi connectivity index (χ4n) is 1.27. The first-order valence-electron chi connectivity index (χ1n) is 4.20. The minimum Gasteiger partial charge on any atom is -0.177 e. The van der Waals surface area contributed by atoms with Crippen LogP contribution in [0.15, 0.2) is 18.2 Å². The lowest BCUT2D eigenvalue weighted by Crippen LogP contribution is -1.88. The number of aromatic nitrogens is 4. The van der Waals surface area contributed by atoms with Crippen molar-refractivity contribution in [3.63, 3.8) is 0 Å². The molecule has 0 radical (unpaired) electrons. The first kappa shape index (κ1) is 9.33. The molecule has 1 N–H and O–H groups in total. The molecule has 0 bridgehead atoms. The second-order valence-electron chi connectivity index (χ2n) is 3.02. The van der Waals surface area contributed by atoms with Crippen LogP contribution in [-0.2, 0) is 5.33 Å². The van der Waals surface area contributed by atoms with E-state index in [0.717, 1.165) is 16.5 Å². The molecule has 2 aromatic rings. The molecule has 1 heterocycles. The van der Waals surface area contributed by atoms with E-state index in [9.17, 15) is 0 Å². The van der Waals surface area contributed by atoms with Crippen molar-refractivity contribution in [2.75, 3.05) is 0 Å². The molecular weight excluding hydrogens is 244 g/mol. The standard InChI is InChI=1S/C9H9BrN4/c1-6-2-3-7(5-10)4-8(6)9-11-13-14-12-9/h2-4H,5H2,1H3,(H,11,12,13,14). The molecule has 0 unspecified atom stereocenters. The molecule has 0 saturated carbocycles. The van der Waals surface area contributed by atoms with Crippen molar-refractivity contribution in [3.8, 4) is 11.4 Å². The SMILES string of the molecule is Cc1ccc(CBr)cc1-c1nn[nH]n1. The molecule has 0 aliphatic rings. The number of H-pyrrole nitrogens is 1. The summed E-state index contributed by atoms with van der Waals surface area (Å²) in [5.74, 6) is 0.644. The highest BCUT2D eigenvalue weighted by atomic mass is 79.9. The Morgan fingerprint density at radius 1 is 1.43 bits per heavy atom. The molecule has 0 fully saturated rings. The highest BCUT2D eigenvalue weighted by molar-refractivity contribution is 9.08. The van der Waals surface area contributed by atoms with E-state index in [1.165, 1.54) is 5.56 Å². The van der Waals surface area contributed by atoms with Crippen molar-refractivity contribution in [1.82, 2.24) is 20.6 Å². The Labute approximate surface area is 89.9 Å². The van der Waals surface area contributed by atoms with Gasteiger partial charge in [0.05, 0.1) is 0 Å². The van der Waals surface area contributed by atoms with Gasteiger partial charge >= 0.3 is 0 Å². The van der Waals surface area contributed by atoms with Gasteiger partial charge in [0.1, 0.15) is 0 Å². The summed E-state index contributed by atoms with van der Waals surface area (Å²) in [7, 11) is 0. The Morgan fingerprint density at radius 2 is 2.29 bits per heavy atom. The summed E-state index contributed by atoms with van der Waals surface area (Å²) < 4.78 is 0. The summed E-state index contributed by atoms with van der Waals surface area (Å²) in [4.78, 5) is 0. The number of benzene rings is 1. The van der Waals surface area contributed by atoms with Gasteiger partial charge in [-0.1, -0.05) is 28.1 Å². The Hall–Kier alpha value is -1.23. The Balaban J connectivity index is 2.51. The maximum absolute atomic E-state index is 3.96. The van der Waals surface area contributed by atoms with Crippen LogP contribution in [0.25, 0.3) is 11.4 Å². The van der Waals surface area contributed by atoms with Gasteiger partial charge in [-0.25, -0.2) is 0 Å². The predicted molar refractivity (Wildman–Crippen MR) is 57.0 cm³/mol. The van der Waals surface area contributed by atoms with Gasteiger partial charge < -0.3 is 0 Å². The lowest BCUT2D eigenvalue weighted by molar-refractivity contribution is 0.881. The van der Waals surface area contributed by atoms with Gasteiger partial charge in [0.15, 0.2) is 0 Å². The highest BCUT2D eigenvalue weighted by Crippen LogP contribution is 2.21. The maximum Gasteiger partial charge on any atom is 0.204 e. The van der Waals surface area contributed by atoms with Gasteiger partial charge in [0.2, 0.25) is 5.82 Å². The van der Waals surface area contributed by atoms with E-state index in [4.69, 9.17) is 0 Å². The first-order valence-corrected chi connectivity index (χ1v) is 5.32. The molecule has 0 saturated heterocycles. The van der Waals surface area contributed by atoms with E-state index in [0.29, 0.717) is 5.82 Å². The lowest BCUT2D eigenvalue weighted by Gasteiger charge is -2.02. The predicted octanol–water partition coefficient (Wildman–Crippen LogP) is 2.07. The summed E-state index contributed by atoms with van der Waals surface area (Å²) >= 11 is 3.42. The Kier molecular flexibility index (Phi) is 2.58. The van der Waals surface area contributed by atoms with E-state index in [2.05, 4.69) is 54.8 Å². The summed E-state index contributed by atoms with van der Waals surface area (Å²) in [6.45, 7) is 2.03. The number of aryl methyl sites for hydroxylation is 1. The van der Waals surface area contributed by atoms with E-state index in [1.807, 2.05) is 6.92 Å². The topological polar surface area (TPSA) is 54.5 Å². The molecule has 2 rings (SSSR count). The normalized spacial score (nSPS) is 10.4. The van der Waals surface area contributed by atoms with E-state index >= 15 is 0 Å². The number of tetrazole rings is 1. The van der Waals surface area contributed by atoms with Gasteiger partial charge in [-0.3, -0.25) is 0 Å². The highest BCUT2D eigenvalue weighted by Gasteiger charge is 2.06. The third kappa shape index (κ3) is 1.68. The molecule has 5 heteroatoms. The van der Waals surface area contributed by atoms with Crippen LogP contribution in [0.1, 0.15) is 11.1 Å². The smallest absolute Gasteiger partial charge is 0.177 e. The van der Waals surface area contributed by atoms with Crippen LogP contribution in [0.4, 0.5) is 0 Å². The number of nitrogens with zero attached hydrogens (tertiary/aromatic N) is 3. The van der Waals surface area contributed by atoms with E-state index in [-0.39, 0.29) is 0 Å². The van der Waals surface area contributed by atoms with Crippen LogP contribution in [0.3, 0.4) is 0 Å². The van der Waals surface area contributed by atoms with Gasteiger partial charge in [0.25, 0.3) is 0 Å². The Morgan fingerprint density at radius 3 is 2.93 bits per heavy atom. The van der Waals surface area contributed by atoms with Crippen LogP contribution in [0.2, 0.25) is 0 Å². The van der Waals surface area contributed by atoms with Gasteiger partial charge in [-0.05, 0) is 29.3 Å². The van der Waals surface area contributed by atoms with Gasteiger partial charge in [-0.15, -0.1) is 10.2 Å². The number of alkyl halides is 1. The molecule has 0 aliphatic heterocycles. The van der Waals surface area contributed by atoms with E-state index < -0.39 is 0 Å². The minimum atomic E-state index is 0.644. The second kappa shape index (κ2) is 3.88. The summed E-state index contributed by atoms with van der Waals surface area (Å²) in [6.07, 6.45) is 0. The minimum absolute atomic E-state index is 0.644. The van der Waals surface area contributed by atoms with Crippen molar-refractivity contribution in [2.24, 2.45) is 0 Å². The monoisotopic (exact) mass is 252 g/mol. The fraction of sp³-hybridized carbons (Fsp3) is 0.222. The Bertz CT molecular complexity index is 424. The molecule has 14 heavy (non-hydrogen) atoms. The lowest BCUT2D eigenvalue weighted by atomic mass is 10.1. The van der Waals surface area contributed by atoms with E-state index in [1.54, 1.807) is 0 Å². The van der Waals surface area contributed by atoms with Crippen LogP contribution in [0, 0.1) is 6.92 Å². The van der Waals surface area contributed by atoms with Crippen LogP contribution in [-0.4, -0.2) is 20.6 Å². The zero-order valence-electron chi connectivity index (χ0n) is 7.66. The average Bonchev–Trinajstić information content (AvgIpc) is 2.71. The second-order valence-corrected chi connectivity index (χ2v) is 3.58. The average molecular weight is 253 g/mol. The van der Waals surface area contributed by atoms with Crippen molar-refractivity contribution in [2.45, 2.75) is 12.3 Å². The molecule has 1 aromatic carbocycles. The van der Waals surface area contributed by atoms with Crippen LogP contribution >= 0.6 is 15.9 Å². The van der Waals surface area contributed by atoms with Crippen molar-refractivity contribution >= 4 is 15.9 Å². The summed E-state index contributed by atoms with van der Waals surface area (Å²) in [5.41, 5.74) is 3.38. The summed E-state index contributed by atoms with van der Waals surface area (Å²) in [6, 6.07) is 6.20.